The van der Waals surface area contributed by atoms with Gasteiger partial charge in [0.2, 0.25) is 10.0 Å². The van der Waals surface area contributed by atoms with Gasteiger partial charge in [-0.25, -0.2) is 13.1 Å². The van der Waals surface area contributed by atoms with E-state index in [1.165, 1.54) is 0 Å². The van der Waals surface area contributed by atoms with Crippen molar-refractivity contribution in [3.05, 3.63) is 24.3 Å². The van der Waals surface area contributed by atoms with Crippen LogP contribution in [0.15, 0.2) is 29.2 Å². The number of hydrogen-bond acceptors (Lipinski definition) is 4. The molecule has 1 aromatic carbocycles. The van der Waals surface area contributed by atoms with Crippen LogP contribution in [0, 0.1) is 0 Å². The summed E-state index contributed by atoms with van der Waals surface area (Å²) < 4.78 is 27.7. The normalized spacial score (nSPS) is 23.6. The van der Waals surface area contributed by atoms with Crippen molar-refractivity contribution in [1.29, 1.82) is 0 Å². The fourth-order valence-corrected chi connectivity index (χ4v) is 4.32. The van der Waals surface area contributed by atoms with Crippen molar-refractivity contribution in [2.24, 2.45) is 0 Å². The molecule has 1 aliphatic rings. The smallest absolute Gasteiger partial charge is 0.242 e. The molecule has 1 aromatic rings. The van der Waals surface area contributed by atoms with Gasteiger partial charge in [0.25, 0.3) is 0 Å². The molecule has 2 unspecified atom stereocenters. The summed E-state index contributed by atoms with van der Waals surface area (Å²) in [7, 11) is -3.49. The third-order valence-corrected chi connectivity index (χ3v) is 5.15. The van der Waals surface area contributed by atoms with Gasteiger partial charge < -0.3 is 10.2 Å². The van der Waals surface area contributed by atoms with E-state index in [0.717, 1.165) is 18.8 Å². The highest BCUT2D eigenvalue weighted by Crippen LogP contribution is 2.26. The molecule has 1 saturated heterocycles. The van der Waals surface area contributed by atoms with Crippen LogP contribution < -0.4 is 14.9 Å². The lowest BCUT2D eigenvalue weighted by Gasteiger charge is -2.38. The zero-order chi connectivity index (χ0) is 15.6. The number of hydrogen-bond donors (Lipinski definition) is 2. The zero-order valence-corrected chi connectivity index (χ0v) is 13.9. The highest BCUT2D eigenvalue weighted by atomic mass is 32.2. The molecule has 5 nitrogen and oxygen atoms in total. The molecule has 1 heterocycles. The third kappa shape index (κ3) is 3.96. The van der Waals surface area contributed by atoms with Crippen molar-refractivity contribution in [1.82, 2.24) is 10.0 Å². The molecule has 2 rings (SSSR count). The second-order valence-electron chi connectivity index (χ2n) is 6.12. The van der Waals surface area contributed by atoms with Gasteiger partial charge in [-0.15, -0.1) is 0 Å². The summed E-state index contributed by atoms with van der Waals surface area (Å²) >= 11 is 0. The first-order chi connectivity index (χ1) is 9.79. The van der Waals surface area contributed by atoms with E-state index < -0.39 is 10.0 Å². The molecule has 2 N–H and O–H groups in total. The van der Waals surface area contributed by atoms with Gasteiger partial charge in [-0.3, -0.25) is 0 Å². The molecule has 0 aromatic heterocycles. The summed E-state index contributed by atoms with van der Waals surface area (Å²) in [4.78, 5) is 2.51. The van der Waals surface area contributed by atoms with E-state index in [1.54, 1.807) is 12.1 Å². The van der Waals surface area contributed by atoms with Crippen LogP contribution in [0.5, 0.6) is 0 Å². The molecule has 0 amide bonds. The number of benzene rings is 1. The number of para-hydroxylation sites is 1. The third-order valence-electron chi connectivity index (χ3n) is 3.44. The fraction of sp³-hybridized carbons (Fsp3) is 0.600. The summed E-state index contributed by atoms with van der Waals surface area (Å²) in [5.74, 6) is 0. The van der Waals surface area contributed by atoms with E-state index in [4.69, 9.17) is 0 Å². The number of rotatable bonds is 4. The summed E-state index contributed by atoms with van der Waals surface area (Å²) in [5, 5.41) is 3.46. The molecule has 0 aliphatic carbocycles. The predicted molar refractivity (Wildman–Crippen MR) is 86.2 cm³/mol. The van der Waals surface area contributed by atoms with Crippen LogP contribution in [0.1, 0.15) is 27.7 Å². The minimum absolute atomic E-state index is 0.121. The van der Waals surface area contributed by atoms with Gasteiger partial charge in [0.1, 0.15) is 4.90 Å². The van der Waals surface area contributed by atoms with Crippen molar-refractivity contribution < 1.29 is 8.42 Å². The Labute approximate surface area is 127 Å². The van der Waals surface area contributed by atoms with Gasteiger partial charge in [0.15, 0.2) is 0 Å². The summed E-state index contributed by atoms with van der Waals surface area (Å²) in [6, 6.07) is 7.78. The van der Waals surface area contributed by atoms with Crippen molar-refractivity contribution >= 4 is 15.7 Å². The van der Waals surface area contributed by atoms with Crippen molar-refractivity contribution in [3.8, 4) is 0 Å². The van der Waals surface area contributed by atoms with Gasteiger partial charge in [-0.1, -0.05) is 12.1 Å². The molecule has 6 heteroatoms. The largest absolute Gasteiger partial charge is 0.367 e. The molecule has 2 atom stereocenters. The van der Waals surface area contributed by atoms with Crippen molar-refractivity contribution in [3.63, 3.8) is 0 Å². The first-order valence-corrected chi connectivity index (χ1v) is 8.90. The SMILES string of the molecule is CC(C)NS(=O)(=O)c1ccccc1N1CC(C)NC(C)C1. The maximum atomic E-state index is 12.5. The second kappa shape index (κ2) is 6.34. The Kier molecular flexibility index (Phi) is 4.91. The van der Waals surface area contributed by atoms with E-state index in [0.29, 0.717) is 17.0 Å². The Morgan fingerprint density at radius 1 is 1.19 bits per heavy atom. The molecule has 21 heavy (non-hydrogen) atoms. The van der Waals surface area contributed by atoms with E-state index in [2.05, 4.69) is 28.8 Å². The minimum atomic E-state index is -3.49. The Morgan fingerprint density at radius 3 is 2.33 bits per heavy atom. The Bertz CT molecular complexity index is 576. The van der Waals surface area contributed by atoms with Crippen LogP contribution in [0.25, 0.3) is 0 Å². The summed E-state index contributed by atoms with van der Waals surface area (Å²) in [6.45, 7) is 9.50. The molecule has 0 saturated carbocycles. The summed E-state index contributed by atoms with van der Waals surface area (Å²) in [5.41, 5.74) is 0.783. The van der Waals surface area contributed by atoms with Crippen molar-refractivity contribution in [2.45, 2.75) is 50.7 Å². The van der Waals surface area contributed by atoms with Crippen LogP contribution >= 0.6 is 0 Å². The van der Waals surface area contributed by atoms with E-state index in [9.17, 15) is 8.42 Å². The van der Waals surface area contributed by atoms with Crippen LogP contribution in [0.4, 0.5) is 5.69 Å². The van der Waals surface area contributed by atoms with Crippen LogP contribution in [0.2, 0.25) is 0 Å². The first-order valence-electron chi connectivity index (χ1n) is 7.42. The van der Waals surface area contributed by atoms with Gasteiger partial charge in [-0.2, -0.15) is 0 Å². The topological polar surface area (TPSA) is 61.4 Å². The Balaban J connectivity index is 2.37. The predicted octanol–water partition coefficient (Wildman–Crippen LogP) is 1.56. The lowest BCUT2D eigenvalue weighted by atomic mass is 10.1. The number of nitrogens with one attached hydrogen (secondary N) is 2. The standard InChI is InChI=1S/C15H25N3O2S/c1-11(2)17-21(19,20)15-8-6-5-7-14(15)18-9-12(3)16-13(4)10-18/h5-8,11-13,16-17H,9-10H2,1-4H3. The number of piperazine rings is 1. The first kappa shape index (κ1) is 16.3. The molecule has 118 valence electrons. The monoisotopic (exact) mass is 311 g/mol. The van der Waals surface area contributed by atoms with E-state index in [1.807, 2.05) is 26.0 Å². The highest BCUT2D eigenvalue weighted by Gasteiger charge is 2.26. The molecular formula is C15H25N3O2S. The number of sulfonamides is 1. The molecule has 0 bridgehead atoms. The van der Waals surface area contributed by atoms with Crippen molar-refractivity contribution in [2.75, 3.05) is 18.0 Å². The van der Waals surface area contributed by atoms with E-state index >= 15 is 0 Å². The molecule has 1 aliphatic heterocycles. The van der Waals surface area contributed by atoms with Gasteiger partial charge in [0.05, 0.1) is 5.69 Å². The van der Waals surface area contributed by atoms with Gasteiger partial charge in [-0.05, 0) is 39.8 Å². The second-order valence-corrected chi connectivity index (χ2v) is 7.80. The van der Waals surface area contributed by atoms with E-state index in [-0.39, 0.29) is 6.04 Å². The molecule has 1 fully saturated rings. The molecular weight excluding hydrogens is 286 g/mol. The van der Waals surface area contributed by atoms with Gasteiger partial charge >= 0.3 is 0 Å². The van der Waals surface area contributed by atoms with Crippen LogP contribution in [0.3, 0.4) is 0 Å². The number of anilines is 1. The van der Waals surface area contributed by atoms with Crippen LogP contribution in [-0.4, -0.2) is 39.6 Å². The minimum Gasteiger partial charge on any atom is -0.367 e. The lowest BCUT2D eigenvalue weighted by Crippen LogP contribution is -2.54. The van der Waals surface area contributed by atoms with Crippen LogP contribution in [-0.2, 0) is 10.0 Å². The quantitative estimate of drug-likeness (QED) is 0.886. The fourth-order valence-electron chi connectivity index (χ4n) is 2.84. The van der Waals surface area contributed by atoms with Gasteiger partial charge in [0, 0.05) is 31.2 Å². The Morgan fingerprint density at radius 2 is 1.76 bits per heavy atom. The summed E-state index contributed by atoms with van der Waals surface area (Å²) in [6.07, 6.45) is 0. The maximum Gasteiger partial charge on any atom is 0.242 e. The average Bonchev–Trinajstić information content (AvgIpc) is 2.36. The zero-order valence-electron chi connectivity index (χ0n) is 13.1. The number of nitrogens with zero attached hydrogens (tertiary/aromatic N) is 1. The molecule has 0 radical (unpaired) electrons. The lowest BCUT2D eigenvalue weighted by molar-refractivity contribution is 0.405. The average molecular weight is 311 g/mol. The maximum absolute atomic E-state index is 12.5. The Hall–Kier alpha value is -1.11. The molecule has 0 spiro atoms. The highest BCUT2D eigenvalue weighted by molar-refractivity contribution is 7.89.